The summed E-state index contributed by atoms with van der Waals surface area (Å²) in [4.78, 5) is 0. The molecular weight excluding hydrogens is 306 g/mol. The summed E-state index contributed by atoms with van der Waals surface area (Å²) in [6.07, 6.45) is 2.03. The first-order chi connectivity index (χ1) is 5.74. The zero-order chi connectivity index (χ0) is 8.97. The van der Waals surface area contributed by atoms with Crippen LogP contribution in [0.15, 0.2) is 18.2 Å². The molecule has 0 aromatic heterocycles. The SMILES string of the molecule is ClCCCc1ccc(I)c(Cl)c1. The number of hydrogen-bond acceptors (Lipinski definition) is 0. The van der Waals surface area contributed by atoms with Crippen molar-refractivity contribution >= 4 is 45.8 Å². The van der Waals surface area contributed by atoms with E-state index < -0.39 is 0 Å². The summed E-state index contributed by atoms with van der Waals surface area (Å²) in [7, 11) is 0. The molecule has 0 heterocycles. The van der Waals surface area contributed by atoms with Crippen molar-refractivity contribution in [3.63, 3.8) is 0 Å². The van der Waals surface area contributed by atoms with Gasteiger partial charge < -0.3 is 0 Å². The maximum Gasteiger partial charge on any atom is 0.0542 e. The Hall–Kier alpha value is 0.530. The molecule has 0 fully saturated rings. The summed E-state index contributed by atoms with van der Waals surface area (Å²) in [6, 6.07) is 6.14. The van der Waals surface area contributed by atoms with E-state index in [0.29, 0.717) is 5.88 Å². The van der Waals surface area contributed by atoms with Gasteiger partial charge in [-0.05, 0) is 53.1 Å². The van der Waals surface area contributed by atoms with Crippen molar-refractivity contribution in [2.24, 2.45) is 0 Å². The molecule has 0 amide bonds. The summed E-state index contributed by atoms with van der Waals surface area (Å²) < 4.78 is 1.10. The molecule has 0 aliphatic heterocycles. The van der Waals surface area contributed by atoms with Crippen LogP contribution in [0.3, 0.4) is 0 Å². The summed E-state index contributed by atoms with van der Waals surface area (Å²) in [5.41, 5.74) is 1.26. The lowest BCUT2D eigenvalue weighted by Gasteiger charge is -2.01. The molecule has 1 aromatic carbocycles. The second-order valence-corrected chi connectivity index (χ2v) is 4.49. The predicted molar refractivity (Wildman–Crippen MR) is 63.2 cm³/mol. The van der Waals surface area contributed by atoms with Crippen molar-refractivity contribution in [3.05, 3.63) is 32.4 Å². The largest absolute Gasteiger partial charge is 0.127 e. The number of alkyl halides is 1. The predicted octanol–water partition coefficient (Wildman–Crippen LogP) is 4.12. The minimum Gasteiger partial charge on any atom is -0.127 e. The van der Waals surface area contributed by atoms with Crippen LogP contribution in [0.25, 0.3) is 0 Å². The van der Waals surface area contributed by atoms with Crippen molar-refractivity contribution in [3.8, 4) is 0 Å². The quantitative estimate of drug-likeness (QED) is 0.581. The topological polar surface area (TPSA) is 0 Å². The van der Waals surface area contributed by atoms with E-state index in [1.54, 1.807) is 0 Å². The Kier molecular flexibility index (Phi) is 4.69. The zero-order valence-electron chi connectivity index (χ0n) is 6.49. The van der Waals surface area contributed by atoms with E-state index in [-0.39, 0.29) is 0 Å². The van der Waals surface area contributed by atoms with Crippen molar-refractivity contribution in [2.45, 2.75) is 12.8 Å². The van der Waals surface area contributed by atoms with Crippen LogP contribution >= 0.6 is 45.8 Å². The highest BCUT2D eigenvalue weighted by Crippen LogP contribution is 2.20. The van der Waals surface area contributed by atoms with Gasteiger partial charge in [-0.1, -0.05) is 17.7 Å². The minimum atomic E-state index is 0.712. The highest BCUT2D eigenvalue weighted by Gasteiger charge is 1.98. The Morgan fingerprint density at radius 3 is 2.67 bits per heavy atom. The molecule has 0 aliphatic carbocycles. The van der Waals surface area contributed by atoms with Crippen LogP contribution in [0.4, 0.5) is 0 Å². The molecule has 0 aliphatic rings. The lowest BCUT2D eigenvalue weighted by atomic mass is 10.1. The molecular formula is C9H9Cl2I. The highest BCUT2D eigenvalue weighted by atomic mass is 127. The summed E-state index contributed by atoms with van der Waals surface area (Å²) in [5.74, 6) is 0.712. The van der Waals surface area contributed by atoms with E-state index in [2.05, 4.69) is 28.7 Å². The molecule has 0 nitrogen and oxygen atoms in total. The van der Waals surface area contributed by atoms with Gasteiger partial charge in [0.1, 0.15) is 0 Å². The highest BCUT2D eigenvalue weighted by molar-refractivity contribution is 14.1. The fraction of sp³-hybridized carbons (Fsp3) is 0.333. The van der Waals surface area contributed by atoms with E-state index in [1.165, 1.54) is 5.56 Å². The fourth-order valence-electron chi connectivity index (χ4n) is 0.966. The summed E-state index contributed by atoms with van der Waals surface area (Å²) in [6.45, 7) is 0. The monoisotopic (exact) mass is 314 g/mol. The summed E-state index contributed by atoms with van der Waals surface area (Å²) >= 11 is 13.8. The third-order valence-electron chi connectivity index (χ3n) is 1.58. The Morgan fingerprint density at radius 1 is 1.33 bits per heavy atom. The van der Waals surface area contributed by atoms with Gasteiger partial charge in [-0.2, -0.15) is 0 Å². The van der Waals surface area contributed by atoms with Crippen LogP contribution in [-0.4, -0.2) is 5.88 Å². The van der Waals surface area contributed by atoms with E-state index >= 15 is 0 Å². The molecule has 0 unspecified atom stereocenters. The number of benzene rings is 1. The molecule has 0 saturated carbocycles. The third-order valence-corrected chi connectivity index (χ3v) is 3.42. The molecule has 0 atom stereocenters. The zero-order valence-corrected chi connectivity index (χ0v) is 10.2. The molecule has 0 spiro atoms. The molecule has 0 N–H and O–H groups in total. The first-order valence-corrected chi connectivity index (χ1v) is 5.73. The van der Waals surface area contributed by atoms with Gasteiger partial charge in [0, 0.05) is 9.45 Å². The van der Waals surface area contributed by atoms with Crippen LogP contribution < -0.4 is 0 Å². The Morgan fingerprint density at radius 2 is 2.08 bits per heavy atom. The molecule has 3 heteroatoms. The van der Waals surface area contributed by atoms with Crippen molar-refractivity contribution in [1.29, 1.82) is 0 Å². The van der Waals surface area contributed by atoms with Crippen molar-refractivity contribution in [2.75, 3.05) is 5.88 Å². The molecule has 1 rings (SSSR count). The second kappa shape index (κ2) is 5.30. The standard InChI is InChI=1S/C9H9Cl2I/c10-5-1-2-7-3-4-9(12)8(11)6-7/h3-4,6H,1-2,5H2. The van der Waals surface area contributed by atoms with Gasteiger partial charge in [-0.15, -0.1) is 11.6 Å². The van der Waals surface area contributed by atoms with Gasteiger partial charge in [-0.3, -0.25) is 0 Å². The lowest BCUT2D eigenvalue weighted by molar-refractivity contribution is 0.928. The molecule has 0 saturated heterocycles. The molecule has 0 radical (unpaired) electrons. The van der Waals surface area contributed by atoms with E-state index in [9.17, 15) is 0 Å². The van der Waals surface area contributed by atoms with E-state index in [1.807, 2.05) is 12.1 Å². The fourth-order valence-corrected chi connectivity index (χ4v) is 1.64. The number of aryl methyl sites for hydroxylation is 1. The Labute approximate surface area is 96.4 Å². The molecule has 1 aromatic rings. The number of hydrogen-bond donors (Lipinski definition) is 0. The van der Waals surface area contributed by atoms with Crippen molar-refractivity contribution < 1.29 is 0 Å². The van der Waals surface area contributed by atoms with Gasteiger partial charge in [0.25, 0.3) is 0 Å². The molecule has 12 heavy (non-hydrogen) atoms. The smallest absolute Gasteiger partial charge is 0.0542 e. The molecule has 0 bridgehead atoms. The average Bonchev–Trinajstić information content (AvgIpc) is 2.07. The van der Waals surface area contributed by atoms with E-state index in [0.717, 1.165) is 21.4 Å². The first-order valence-electron chi connectivity index (χ1n) is 3.74. The Bertz CT molecular complexity index is 261. The summed E-state index contributed by atoms with van der Waals surface area (Å²) in [5, 5.41) is 0.836. The first kappa shape index (κ1) is 10.6. The van der Waals surface area contributed by atoms with Crippen LogP contribution in [-0.2, 0) is 6.42 Å². The normalized spacial score (nSPS) is 10.2. The van der Waals surface area contributed by atoms with Gasteiger partial charge >= 0.3 is 0 Å². The second-order valence-electron chi connectivity index (χ2n) is 2.54. The molecule has 66 valence electrons. The van der Waals surface area contributed by atoms with Gasteiger partial charge in [0.2, 0.25) is 0 Å². The van der Waals surface area contributed by atoms with Gasteiger partial charge in [-0.25, -0.2) is 0 Å². The Balaban J connectivity index is 2.69. The number of halogens is 3. The van der Waals surface area contributed by atoms with Crippen LogP contribution in [0.2, 0.25) is 5.02 Å². The van der Waals surface area contributed by atoms with Gasteiger partial charge in [0.05, 0.1) is 5.02 Å². The van der Waals surface area contributed by atoms with Crippen LogP contribution in [0.1, 0.15) is 12.0 Å². The third kappa shape index (κ3) is 3.11. The number of rotatable bonds is 3. The maximum absolute atomic E-state index is 5.95. The maximum atomic E-state index is 5.95. The van der Waals surface area contributed by atoms with E-state index in [4.69, 9.17) is 23.2 Å². The van der Waals surface area contributed by atoms with Crippen molar-refractivity contribution in [1.82, 2.24) is 0 Å². The average molecular weight is 315 g/mol. The lowest BCUT2D eigenvalue weighted by Crippen LogP contribution is -1.86. The van der Waals surface area contributed by atoms with Gasteiger partial charge in [0.15, 0.2) is 0 Å². The van der Waals surface area contributed by atoms with Crippen LogP contribution in [0, 0.1) is 3.57 Å². The minimum absolute atomic E-state index is 0.712. The van der Waals surface area contributed by atoms with Crippen LogP contribution in [0.5, 0.6) is 0 Å².